The van der Waals surface area contributed by atoms with E-state index in [2.05, 4.69) is 44.9 Å². The molecule has 2 saturated heterocycles. The van der Waals surface area contributed by atoms with Crippen molar-refractivity contribution in [1.29, 1.82) is 0 Å². The number of nitrogens with zero attached hydrogens (tertiary/aromatic N) is 3. The summed E-state index contributed by atoms with van der Waals surface area (Å²) in [6.07, 6.45) is 2.48. The number of guanidine groups is 1. The van der Waals surface area contributed by atoms with Crippen LogP contribution in [0.5, 0.6) is 0 Å². The van der Waals surface area contributed by atoms with Gasteiger partial charge in [-0.15, -0.1) is 35.3 Å². The molecule has 0 saturated carbocycles. The fourth-order valence-corrected chi connectivity index (χ4v) is 5.00. The molecule has 1 unspecified atom stereocenters. The molecule has 1 atom stereocenters. The number of piperidine rings is 1. The highest BCUT2D eigenvalue weighted by atomic mass is 127. The molecule has 0 spiro atoms. The summed E-state index contributed by atoms with van der Waals surface area (Å²) in [5.41, 5.74) is 0. The second-order valence-electron chi connectivity index (χ2n) is 8.06. The van der Waals surface area contributed by atoms with Crippen molar-refractivity contribution in [3.8, 4) is 0 Å². The first-order valence-corrected chi connectivity index (χ1v) is 12.3. The third kappa shape index (κ3) is 9.13. The molecule has 0 amide bonds. The lowest BCUT2D eigenvalue weighted by Gasteiger charge is -2.33. The van der Waals surface area contributed by atoms with Gasteiger partial charge in [0.1, 0.15) is 0 Å². The van der Waals surface area contributed by atoms with Crippen molar-refractivity contribution >= 4 is 41.3 Å². The molecule has 1 aromatic heterocycles. The predicted molar refractivity (Wildman–Crippen MR) is 140 cm³/mol. The van der Waals surface area contributed by atoms with Gasteiger partial charge in [0.15, 0.2) is 5.96 Å². The Morgan fingerprint density at radius 2 is 2.03 bits per heavy atom. The summed E-state index contributed by atoms with van der Waals surface area (Å²) in [5, 5.41) is 9.20. The van der Waals surface area contributed by atoms with Crippen molar-refractivity contribution in [1.82, 2.24) is 20.4 Å². The van der Waals surface area contributed by atoms with Crippen molar-refractivity contribution in [2.24, 2.45) is 10.9 Å². The molecular weight excluding hydrogens is 525 g/mol. The molecule has 2 N–H and O–H groups in total. The normalized spacial score (nSPS) is 20.3. The Hall–Kier alpha value is -0.460. The molecule has 3 heterocycles. The number of methoxy groups -OCH3 is 1. The first-order chi connectivity index (χ1) is 14.8. The summed E-state index contributed by atoms with van der Waals surface area (Å²) in [4.78, 5) is 11.4. The molecular formula is C22H40IN5O2S. The number of nitrogens with one attached hydrogen (secondary N) is 2. The van der Waals surface area contributed by atoms with Crippen LogP contribution in [-0.2, 0) is 9.47 Å². The van der Waals surface area contributed by atoms with Crippen molar-refractivity contribution in [2.75, 3.05) is 79.3 Å². The maximum absolute atomic E-state index is 5.56. The van der Waals surface area contributed by atoms with E-state index in [-0.39, 0.29) is 24.0 Å². The number of halogens is 1. The van der Waals surface area contributed by atoms with Crippen LogP contribution in [0.2, 0.25) is 0 Å². The average Bonchev–Trinajstić information content (AvgIpc) is 3.32. The van der Waals surface area contributed by atoms with Gasteiger partial charge in [-0.2, -0.15) is 0 Å². The minimum Gasteiger partial charge on any atom is -0.383 e. The molecule has 2 aliphatic rings. The van der Waals surface area contributed by atoms with Gasteiger partial charge in [0, 0.05) is 44.7 Å². The molecule has 2 fully saturated rings. The first kappa shape index (κ1) is 26.8. The van der Waals surface area contributed by atoms with Crippen LogP contribution >= 0.6 is 35.3 Å². The van der Waals surface area contributed by atoms with E-state index in [9.17, 15) is 0 Å². The van der Waals surface area contributed by atoms with Gasteiger partial charge in [-0.05, 0) is 50.2 Å². The van der Waals surface area contributed by atoms with Crippen molar-refractivity contribution in [3.05, 3.63) is 22.4 Å². The Kier molecular flexibility index (Phi) is 13.3. The maximum Gasteiger partial charge on any atom is 0.191 e. The molecule has 0 aliphatic carbocycles. The van der Waals surface area contributed by atoms with E-state index in [0.717, 1.165) is 65.0 Å². The Bertz CT molecular complexity index is 605. The van der Waals surface area contributed by atoms with Crippen molar-refractivity contribution < 1.29 is 9.47 Å². The molecule has 9 heteroatoms. The third-order valence-corrected chi connectivity index (χ3v) is 6.98. The zero-order chi connectivity index (χ0) is 21.0. The van der Waals surface area contributed by atoms with Crippen LogP contribution in [-0.4, -0.2) is 95.0 Å². The Morgan fingerprint density at radius 1 is 1.26 bits per heavy atom. The summed E-state index contributed by atoms with van der Waals surface area (Å²) in [6, 6.07) is 4.70. The molecule has 0 bridgehead atoms. The summed E-state index contributed by atoms with van der Waals surface area (Å²) in [7, 11) is 1.78. The number of rotatable bonds is 10. The van der Waals surface area contributed by atoms with Crippen LogP contribution in [0.1, 0.15) is 30.7 Å². The second-order valence-corrected chi connectivity index (χ2v) is 9.04. The van der Waals surface area contributed by atoms with Crippen molar-refractivity contribution in [3.63, 3.8) is 0 Å². The van der Waals surface area contributed by atoms with Gasteiger partial charge < -0.3 is 25.0 Å². The average molecular weight is 566 g/mol. The zero-order valence-electron chi connectivity index (χ0n) is 19.1. The van der Waals surface area contributed by atoms with Gasteiger partial charge in [-0.25, -0.2) is 0 Å². The number of thiophene rings is 1. The summed E-state index contributed by atoms with van der Waals surface area (Å²) >= 11 is 1.83. The molecule has 178 valence electrons. The van der Waals surface area contributed by atoms with Gasteiger partial charge in [0.2, 0.25) is 0 Å². The van der Waals surface area contributed by atoms with Crippen LogP contribution in [0.3, 0.4) is 0 Å². The highest BCUT2D eigenvalue weighted by molar-refractivity contribution is 14.0. The van der Waals surface area contributed by atoms with E-state index < -0.39 is 0 Å². The lowest BCUT2D eigenvalue weighted by atomic mass is 9.97. The highest BCUT2D eigenvalue weighted by Crippen LogP contribution is 2.26. The molecule has 2 aliphatic heterocycles. The first-order valence-electron chi connectivity index (χ1n) is 11.4. The molecule has 3 rings (SSSR count). The van der Waals surface area contributed by atoms with E-state index in [1.165, 1.54) is 30.8 Å². The molecule has 31 heavy (non-hydrogen) atoms. The Morgan fingerprint density at radius 3 is 2.68 bits per heavy atom. The van der Waals surface area contributed by atoms with Crippen LogP contribution in [0.15, 0.2) is 22.5 Å². The quantitative estimate of drug-likeness (QED) is 0.259. The number of aliphatic imine (C=N–C) groups is 1. The molecule has 0 radical (unpaired) electrons. The summed E-state index contributed by atoms with van der Waals surface area (Å²) in [5.74, 6) is 1.65. The van der Waals surface area contributed by atoms with Gasteiger partial charge in [0.25, 0.3) is 0 Å². The lowest BCUT2D eigenvalue weighted by molar-refractivity contribution is 0.0186. The van der Waals surface area contributed by atoms with E-state index in [0.29, 0.717) is 12.0 Å². The van der Waals surface area contributed by atoms with E-state index in [4.69, 9.17) is 14.5 Å². The summed E-state index contributed by atoms with van der Waals surface area (Å²) in [6.45, 7) is 12.6. The van der Waals surface area contributed by atoms with E-state index >= 15 is 0 Å². The van der Waals surface area contributed by atoms with Crippen LogP contribution in [0.25, 0.3) is 0 Å². The summed E-state index contributed by atoms with van der Waals surface area (Å²) < 4.78 is 10.8. The fourth-order valence-electron chi connectivity index (χ4n) is 4.15. The van der Waals surface area contributed by atoms with Crippen LogP contribution < -0.4 is 10.6 Å². The van der Waals surface area contributed by atoms with Gasteiger partial charge in [0.05, 0.1) is 32.4 Å². The minimum absolute atomic E-state index is 0. The Labute approximate surface area is 209 Å². The maximum atomic E-state index is 5.56. The SMILES string of the molecule is CCNC(=NCC(c1cccs1)N1CCOCC1)NCC1CCN(CCOC)CC1.I. The van der Waals surface area contributed by atoms with Gasteiger partial charge >= 0.3 is 0 Å². The van der Waals surface area contributed by atoms with Gasteiger partial charge in [-0.1, -0.05) is 6.07 Å². The van der Waals surface area contributed by atoms with E-state index in [1.54, 1.807) is 7.11 Å². The largest absolute Gasteiger partial charge is 0.383 e. The molecule has 0 aromatic carbocycles. The van der Waals surface area contributed by atoms with Crippen LogP contribution in [0, 0.1) is 5.92 Å². The smallest absolute Gasteiger partial charge is 0.191 e. The number of morpholine rings is 1. The number of hydrogen-bond acceptors (Lipinski definition) is 6. The standard InChI is InChI=1S/C22H39N5O2S.HI/c1-3-23-22(24-17-19-6-8-26(9-7-19)10-13-28-2)25-18-20(21-5-4-16-30-21)27-11-14-29-15-12-27;/h4-5,16,19-20H,3,6-15,17-18H2,1-2H3,(H2,23,24,25);1H. The van der Waals surface area contributed by atoms with Crippen molar-refractivity contribution in [2.45, 2.75) is 25.8 Å². The predicted octanol–water partition coefficient (Wildman–Crippen LogP) is 2.65. The highest BCUT2D eigenvalue weighted by Gasteiger charge is 2.24. The van der Waals surface area contributed by atoms with E-state index in [1.807, 2.05) is 11.3 Å². The topological polar surface area (TPSA) is 61.4 Å². The fraction of sp³-hybridized carbons (Fsp3) is 0.773. The number of ether oxygens (including phenoxy) is 2. The number of hydrogen-bond donors (Lipinski definition) is 2. The lowest BCUT2D eigenvalue weighted by Crippen LogP contribution is -2.44. The minimum atomic E-state index is 0. The zero-order valence-corrected chi connectivity index (χ0v) is 22.2. The monoisotopic (exact) mass is 565 g/mol. The molecule has 1 aromatic rings. The third-order valence-electron chi connectivity index (χ3n) is 6.00. The Balaban J connectivity index is 0.00000341. The van der Waals surface area contributed by atoms with Crippen LogP contribution in [0.4, 0.5) is 0 Å². The molecule has 7 nitrogen and oxygen atoms in total. The number of likely N-dealkylation sites (tertiary alicyclic amines) is 1. The van der Waals surface area contributed by atoms with Gasteiger partial charge in [-0.3, -0.25) is 9.89 Å². The second kappa shape index (κ2) is 15.4.